The summed E-state index contributed by atoms with van der Waals surface area (Å²) >= 11 is 0. The predicted octanol–water partition coefficient (Wildman–Crippen LogP) is -0.408. The average molecular weight is 285 g/mol. The molecule has 0 bridgehead atoms. The van der Waals surface area contributed by atoms with Crippen LogP contribution in [-0.2, 0) is 14.3 Å². The van der Waals surface area contributed by atoms with Gasteiger partial charge in [-0.25, -0.2) is 0 Å². The highest BCUT2D eigenvalue weighted by atomic mass is 16.5. The number of morpholine rings is 1. The van der Waals surface area contributed by atoms with Crippen molar-refractivity contribution < 1.29 is 14.3 Å². The largest absolute Gasteiger partial charge is 0.379 e. The van der Waals surface area contributed by atoms with E-state index in [1.165, 1.54) is 0 Å². The lowest BCUT2D eigenvalue weighted by atomic mass is 9.91. The highest BCUT2D eigenvalue weighted by Crippen LogP contribution is 2.22. The van der Waals surface area contributed by atoms with Crippen molar-refractivity contribution in [1.29, 1.82) is 0 Å². The molecule has 6 nitrogen and oxygen atoms in total. The number of nitrogens with one attached hydrogen (secondary N) is 2. The van der Waals surface area contributed by atoms with Crippen LogP contribution in [0.4, 0.5) is 0 Å². The van der Waals surface area contributed by atoms with Crippen molar-refractivity contribution in [3.63, 3.8) is 0 Å². The van der Waals surface area contributed by atoms with Crippen LogP contribution < -0.4 is 10.6 Å². The van der Waals surface area contributed by atoms with Crippen molar-refractivity contribution in [2.75, 3.05) is 53.0 Å². The smallest absolute Gasteiger partial charge is 0.252 e. The summed E-state index contributed by atoms with van der Waals surface area (Å²) in [5.41, 5.74) is -0.648. The van der Waals surface area contributed by atoms with E-state index in [4.69, 9.17) is 9.47 Å². The number of carbonyl (C=O) groups is 1. The molecule has 0 saturated carbocycles. The average Bonchev–Trinajstić information content (AvgIpc) is 2.48. The fourth-order valence-corrected chi connectivity index (χ4v) is 2.93. The monoisotopic (exact) mass is 285 g/mol. The third-order valence-corrected chi connectivity index (χ3v) is 4.23. The zero-order valence-corrected chi connectivity index (χ0v) is 12.6. The number of methoxy groups -OCH3 is 1. The standard InChI is InChI=1S/C14H27N3O3/c1-12(11-17-7-9-20-10-8-17)16-13(18)14(19-2)3-5-15-6-4-14/h12,15H,3-11H2,1-2H3,(H,16,18). The number of hydrogen-bond acceptors (Lipinski definition) is 5. The Morgan fingerprint density at radius 2 is 2.05 bits per heavy atom. The molecule has 2 rings (SSSR count). The van der Waals surface area contributed by atoms with Gasteiger partial charge in [-0.2, -0.15) is 0 Å². The molecule has 0 aromatic heterocycles. The van der Waals surface area contributed by atoms with E-state index in [1.807, 2.05) is 0 Å². The number of rotatable bonds is 5. The summed E-state index contributed by atoms with van der Waals surface area (Å²) in [4.78, 5) is 14.8. The predicted molar refractivity (Wildman–Crippen MR) is 76.7 cm³/mol. The Labute approximate surface area is 121 Å². The number of carbonyl (C=O) groups excluding carboxylic acids is 1. The molecule has 0 aromatic carbocycles. The fourth-order valence-electron chi connectivity index (χ4n) is 2.93. The van der Waals surface area contributed by atoms with E-state index in [1.54, 1.807) is 7.11 Å². The Bertz CT molecular complexity index is 313. The number of piperidine rings is 1. The third-order valence-electron chi connectivity index (χ3n) is 4.23. The van der Waals surface area contributed by atoms with Crippen LogP contribution >= 0.6 is 0 Å². The van der Waals surface area contributed by atoms with E-state index in [9.17, 15) is 4.79 Å². The maximum absolute atomic E-state index is 12.5. The maximum Gasteiger partial charge on any atom is 0.252 e. The molecule has 0 spiro atoms. The molecule has 2 fully saturated rings. The Balaban J connectivity index is 1.82. The number of hydrogen-bond donors (Lipinski definition) is 2. The second kappa shape index (κ2) is 7.36. The molecule has 0 aromatic rings. The van der Waals surface area contributed by atoms with Crippen LogP contribution in [0.5, 0.6) is 0 Å². The van der Waals surface area contributed by atoms with Crippen molar-refractivity contribution in [3.8, 4) is 0 Å². The molecule has 6 heteroatoms. The van der Waals surface area contributed by atoms with Gasteiger partial charge < -0.3 is 20.1 Å². The SMILES string of the molecule is COC1(C(=O)NC(C)CN2CCOCC2)CCNCC1. The molecule has 1 atom stereocenters. The first-order valence-electron chi connectivity index (χ1n) is 7.53. The van der Waals surface area contributed by atoms with Crippen LogP contribution in [0.25, 0.3) is 0 Å². The number of nitrogens with zero attached hydrogens (tertiary/aromatic N) is 1. The highest BCUT2D eigenvalue weighted by molar-refractivity contribution is 5.85. The molecule has 2 heterocycles. The van der Waals surface area contributed by atoms with E-state index in [0.717, 1.165) is 58.8 Å². The second-order valence-corrected chi connectivity index (χ2v) is 5.74. The molecule has 2 N–H and O–H groups in total. The van der Waals surface area contributed by atoms with Crippen LogP contribution in [0.15, 0.2) is 0 Å². The molecule has 2 saturated heterocycles. The number of ether oxygens (including phenoxy) is 2. The third kappa shape index (κ3) is 3.91. The Morgan fingerprint density at radius 1 is 1.40 bits per heavy atom. The minimum atomic E-state index is -0.648. The van der Waals surface area contributed by atoms with Gasteiger partial charge in [0.05, 0.1) is 13.2 Å². The van der Waals surface area contributed by atoms with E-state index >= 15 is 0 Å². The van der Waals surface area contributed by atoms with Crippen molar-refractivity contribution >= 4 is 5.91 Å². The van der Waals surface area contributed by atoms with Crippen molar-refractivity contribution in [1.82, 2.24) is 15.5 Å². The van der Waals surface area contributed by atoms with Gasteiger partial charge in [0.2, 0.25) is 0 Å². The topological polar surface area (TPSA) is 62.8 Å². The van der Waals surface area contributed by atoms with Gasteiger partial charge in [0.1, 0.15) is 5.60 Å². The molecule has 116 valence electrons. The Morgan fingerprint density at radius 3 is 2.65 bits per heavy atom. The summed E-state index contributed by atoms with van der Waals surface area (Å²) < 4.78 is 10.9. The zero-order chi connectivity index (χ0) is 14.4. The molecule has 2 aliphatic rings. The summed E-state index contributed by atoms with van der Waals surface area (Å²) in [5, 5.41) is 6.38. The number of amides is 1. The lowest BCUT2D eigenvalue weighted by Gasteiger charge is -2.36. The summed E-state index contributed by atoms with van der Waals surface area (Å²) in [6, 6.07) is 0.127. The molecule has 2 aliphatic heterocycles. The van der Waals surface area contributed by atoms with E-state index in [0.29, 0.717) is 0 Å². The van der Waals surface area contributed by atoms with Crippen LogP contribution in [-0.4, -0.2) is 75.5 Å². The van der Waals surface area contributed by atoms with Gasteiger partial charge >= 0.3 is 0 Å². The normalized spacial score (nSPS) is 25.1. The Kier molecular flexibility index (Phi) is 5.77. The minimum absolute atomic E-state index is 0.0299. The summed E-state index contributed by atoms with van der Waals surface area (Å²) in [5.74, 6) is 0.0299. The van der Waals surface area contributed by atoms with E-state index in [-0.39, 0.29) is 11.9 Å². The Hall–Kier alpha value is -0.690. The summed E-state index contributed by atoms with van der Waals surface area (Å²) in [7, 11) is 1.64. The first kappa shape index (κ1) is 15.7. The quantitative estimate of drug-likeness (QED) is 0.719. The van der Waals surface area contributed by atoms with Gasteiger partial charge in [-0.05, 0) is 32.9 Å². The van der Waals surface area contributed by atoms with Gasteiger partial charge in [0.25, 0.3) is 5.91 Å². The first-order chi connectivity index (χ1) is 9.66. The van der Waals surface area contributed by atoms with Gasteiger partial charge in [0.15, 0.2) is 0 Å². The molecular formula is C14H27N3O3. The molecule has 0 aliphatic carbocycles. The minimum Gasteiger partial charge on any atom is -0.379 e. The molecule has 20 heavy (non-hydrogen) atoms. The molecule has 0 radical (unpaired) electrons. The second-order valence-electron chi connectivity index (χ2n) is 5.74. The van der Waals surface area contributed by atoms with Gasteiger partial charge in [-0.15, -0.1) is 0 Å². The van der Waals surface area contributed by atoms with Crippen LogP contribution in [0.1, 0.15) is 19.8 Å². The van der Waals surface area contributed by atoms with Gasteiger partial charge in [-0.1, -0.05) is 0 Å². The molecule has 1 unspecified atom stereocenters. The van der Waals surface area contributed by atoms with Crippen LogP contribution in [0, 0.1) is 0 Å². The van der Waals surface area contributed by atoms with Crippen molar-refractivity contribution in [2.45, 2.75) is 31.4 Å². The van der Waals surface area contributed by atoms with Crippen LogP contribution in [0.3, 0.4) is 0 Å². The highest BCUT2D eigenvalue weighted by Gasteiger charge is 2.40. The lowest BCUT2D eigenvalue weighted by molar-refractivity contribution is -0.147. The van der Waals surface area contributed by atoms with E-state index < -0.39 is 5.60 Å². The first-order valence-corrected chi connectivity index (χ1v) is 7.53. The summed E-state index contributed by atoms with van der Waals surface area (Å²) in [6.45, 7) is 8.05. The van der Waals surface area contributed by atoms with Crippen molar-refractivity contribution in [2.24, 2.45) is 0 Å². The maximum atomic E-state index is 12.5. The molecular weight excluding hydrogens is 258 g/mol. The van der Waals surface area contributed by atoms with E-state index in [2.05, 4.69) is 22.5 Å². The van der Waals surface area contributed by atoms with Crippen molar-refractivity contribution in [3.05, 3.63) is 0 Å². The summed E-state index contributed by atoms with van der Waals surface area (Å²) in [6.07, 6.45) is 1.47. The van der Waals surface area contributed by atoms with Gasteiger partial charge in [0, 0.05) is 32.8 Å². The van der Waals surface area contributed by atoms with Crippen LogP contribution in [0.2, 0.25) is 0 Å². The lowest BCUT2D eigenvalue weighted by Crippen LogP contribution is -2.57. The fraction of sp³-hybridized carbons (Fsp3) is 0.929. The zero-order valence-electron chi connectivity index (χ0n) is 12.6. The molecule has 1 amide bonds. The van der Waals surface area contributed by atoms with Gasteiger partial charge in [-0.3, -0.25) is 9.69 Å².